The third-order valence-corrected chi connectivity index (χ3v) is 3.20. The van der Waals surface area contributed by atoms with Crippen molar-refractivity contribution in [2.24, 2.45) is 5.84 Å². The van der Waals surface area contributed by atoms with E-state index in [1.807, 2.05) is 18.2 Å². The van der Waals surface area contributed by atoms with Crippen molar-refractivity contribution < 1.29 is 9.53 Å². The van der Waals surface area contributed by atoms with Crippen LogP contribution in [0.5, 0.6) is 0 Å². The van der Waals surface area contributed by atoms with Crippen molar-refractivity contribution in [1.82, 2.24) is 5.43 Å². The Labute approximate surface area is 98.5 Å². The van der Waals surface area contributed by atoms with E-state index in [4.69, 9.17) is 16.3 Å². The first-order valence-corrected chi connectivity index (χ1v) is 5.57. The zero-order valence-corrected chi connectivity index (χ0v) is 9.79. The number of nitrogens with two attached hydrogens (primary N) is 2. The van der Waals surface area contributed by atoms with Gasteiger partial charge in [0.2, 0.25) is 5.91 Å². The van der Waals surface area contributed by atoms with E-state index in [0.717, 1.165) is 4.90 Å². The second-order valence-corrected chi connectivity index (χ2v) is 4.35. The number of thioether (sulfide) groups is 1. The van der Waals surface area contributed by atoms with E-state index in [2.05, 4.69) is 5.43 Å². The summed E-state index contributed by atoms with van der Waals surface area (Å²) in [5.41, 5.74) is 8.53. The van der Waals surface area contributed by atoms with E-state index in [0.29, 0.717) is 5.69 Å². The van der Waals surface area contributed by atoms with Gasteiger partial charge in [-0.1, -0.05) is 12.1 Å². The average molecular weight is 241 g/mol. The average Bonchev–Trinajstić information content (AvgIpc) is 2.30. The summed E-state index contributed by atoms with van der Waals surface area (Å²) in [7, 11) is 1.53. The first-order valence-electron chi connectivity index (χ1n) is 4.69. The zero-order chi connectivity index (χ0) is 12.0. The molecule has 0 bridgehead atoms. The lowest BCUT2D eigenvalue weighted by atomic mass is 10.3. The lowest BCUT2D eigenvalue weighted by molar-refractivity contribution is -0.121. The van der Waals surface area contributed by atoms with Gasteiger partial charge in [-0.15, -0.1) is 11.8 Å². The number of carbonyl (C=O) groups is 1. The molecule has 0 aromatic heterocycles. The number of benzene rings is 1. The summed E-state index contributed by atoms with van der Waals surface area (Å²) in [6.07, 6.45) is 0. The molecule has 1 aromatic rings. The number of hydrazine groups is 1. The molecule has 5 nitrogen and oxygen atoms in total. The summed E-state index contributed by atoms with van der Waals surface area (Å²) in [5.74, 6) is 4.81. The maximum Gasteiger partial charge on any atom is 0.249 e. The number of rotatable bonds is 5. The van der Waals surface area contributed by atoms with Crippen LogP contribution in [0.3, 0.4) is 0 Å². The largest absolute Gasteiger partial charge is 0.398 e. The van der Waals surface area contributed by atoms with Crippen LogP contribution in [0, 0.1) is 0 Å². The highest BCUT2D eigenvalue weighted by atomic mass is 32.2. The molecule has 0 saturated heterocycles. The molecule has 0 aliphatic rings. The Kier molecular flexibility index (Phi) is 5.10. The van der Waals surface area contributed by atoms with Gasteiger partial charge in [-0.05, 0) is 12.1 Å². The molecule has 1 rings (SSSR count). The number of nitrogen functional groups attached to an aromatic ring is 1. The predicted octanol–water partition coefficient (Wildman–Crippen LogP) is 0.366. The topological polar surface area (TPSA) is 90.4 Å². The molecule has 0 saturated carbocycles. The van der Waals surface area contributed by atoms with Crippen LogP contribution in [0.25, 0.3) is 0 Å². The molecule has 0 fully saturated rings. The van der Waals surface area contributed by atoms with Gasteiger partial charge >= 0.3 is 0 Å². The first-order chi connectivity index (χ1) is 7.69. The third kappa shape index (κ3) is 3.41. The van der Waals surface area contributed by atoms with Crippen LogP contribution in [0.4, 0.5) is 5.69 Å². The summed E-state index contributed by atoms with van der Waals surface area (Å²) in [4.78, 5) is 12.3. The zero-order valence-electron chi connectivity index (χ0n) is 8.97. The summed E-state index contributed by atoms with van der Waals surface area (Å²) >= 11 is 1.33. The number of methoxy groups -OCH3 is 1. The number of amides is 1. The number of carbonyl (C=O) groups excluding carboxylic acids is 1. The van der Waals surface area contributed by atoms with Crippen molar-refractivity contribution in [3.05, 3.63) is 24.3 Å². The summed E-state index contributed by atoms with van der Waals surface area (Å²) in [5, 5.41) is -0.403. The smallest absolute Gasteiger partial charge is 0.249 e. The van der Waals surface area contributed by atoms with Crippen molar-refractivity contribution in [3.8, 4) is 0 Å². The number of hydrogen-bond donors (Lipinski definition) is 3. The van der Waals surface area contributed by atoms with Crippen LogP contribution in [-0.4, -0.2) is 24.9 Å². The van der Waals surface area contributed by atoms with Gasteiger partial charge in [-0.3, -0.25) is 10.2 Å². The Balaban J connectivity index is 2.75. The molecule has 1 unspecified atom stereocenters. The van der Waals surface area contributed by atoms with Gasteiger partial charge in [0.15, 0.2) is 0 Å². The lowest BCUT2D eigenvalue weighted by Crippen LogP contribution is -2.39. The molecular formula is C10H15N3O2S. The summed E-state index contributed by atoms with van der Waals surface area (Å²) in [6, 6.07) is 7.34. The minimum absolute atomic E-state index is 0.280. The van der Waals surface area contributed by atoms with Gasteiger partial charge in [0, 0.05) is 17.7 Å². The number of hydrogen-bond acceptors (Lipinski definition) is 5. The van der Waals surface area contributed by atoms with Crippen molar-refractivity contribution in [3.63, 3.8) is 0 Å². The Bertz CT molecular complexity index is 360. The van der Waals surface area contributed by atoms with Gasteiger partial charge in [-0.2, -0.15) is 0 Å². The maximum atomic E-state index is 11.4. The summed E-state index contributed by atoms with van der Waals surface area (Å²) < 4.78 is 4.96. The molecule has 0 radical (unpaired) electrons. The Hall–Kier alpha value is -1.24. The molecule has 16 heavy (non-hydrogen) atoms. The molecule has 1 atom stereocenters. The number of para-hydroxylation sites is 1. The molecule has 6 heteroatoms. The highest BCUT2D eigenvalue weighted by molar-refractivity contribution is 8.00. The molecule has 1 aromatic carbocycles. The van der Waals surface area contributed by atoms with Gasteiger partial charge in [0.05, 0.1) is 6.61 Å². The van der Waals surface area contributed by atoms with E-state index in [1.54, 1.807) is 6.07 Å². The molecule has 88 valence electrons. The quantitative estimate of drug-likeness (QED) is 0.228. The van der Waals surface area contributed by atoms with E-state index in [1.165, 1.54) is 18.9 Å². The van der Waals surface area contributed by atoms with Crippen molar-refractivity contribution in [2.75, 3.05) is 19.5 Å². The fourth-order valence-corrected chi connectivity index (χ4v) is 2.20. The van der Waals surface area contributed by atoms with Gasteiger partial charge < -0.3 is 10.5 Å². The predicted molar refractivity (Wildman–Crippen MR) is 64.7 cm³/mol. The number of nitrogens with one attached hydrogen (secondary N) is 1. The second-order valence-electron chi connectivity index (χ2n) is 3.11. The van der Waals surface area contributed by atoms with Crippen molar-refractivity contribution >= 4 is 23.4 Å². The Morgan fingerprint density at radius 1 is 1.56 bits per heavy atom. The second kappa shape index (κ2) is 6.37. The molecule has 5 N–H and O–H groups in total. The molecule has 1 amide bonds. The standard InChI is InChI=1S/C10H15N3O2S/c1-15-6-9(10(14)13-12)16-8-5-3-2-4-7(8)11/h2-5,9H,6,11-12H2,1H3,(H,13,14). The Morgan fingerprint density at radius 2 is 2.25 bits per heavy atom. The maximum absolute atomic E-state index is 11.4. The number of anilines is 1. The van der Waals surface area contributed by atoms with E-state index < -0.39 is 5.25 Å². The van der Waals surface area contributed by atoms with Crippen LogP contribution in [0.1, 0.15) is 0 Å². The van der Waals surface area contributed by atoms with Gasteiger partial charge in [0.1, 0.15) is 5.25 Å². The van der Waals surface area contributed by atoms with Crippen LogP contribution in [-0.2, 0) is 9.53 Å². The van der Waals surface area contributed by atoms with Crippen LogP contribution >= 0.6 is 11.8 Å². The third-order valence-electron chi connectivity index (χ3n) is 1.94. The molecule has 0 spiro atoms. The van der Waals surface area contributed by atoms with E-state index >= 15 is 0 Å². The fraction of sp³-hybridized carbons (Fsp3) is 0.300. The lowest BCUT2D eigenvalue weighted by Gasteiger charge is -2.14. The normalized spacial score (nSPS) is 12.1. The first kappa shape index (κ1) is 12.8. The van der Waals surface area contributed by atoms with Gasteiger partial charge in [0.25, 0.3) is 0 Å². The molecule has 0 aliphatic carbocycles. The highest BCUT2D eigenvalue weighted by Gasteiger charge is 2.19. The highest BCUT2D eigenvalue weighted by Crippen LogP contribution is 2.28. The van der Waals surface area contributed by atoms with E-state index in [9.17, 15) is 4.79 Å². The van der Waals surface area contributed by atoms with Crippen LogP contribution < -0.4 is 17.0 Å². The molecule has 0 heterocycles. The fourth-order valence-electron chi connectivity index (χ4n) is 1.15. The van der Waals surface area contributed by atoms with Crippen molar-refractivity contribution in [1.29, 1.82) is 0 Å². The minimum Gasteiger partial charge on any atom is -0.398 e. The minimum atomic E-state index is -0.403. The van der Waals surface area contributed by atoms with Crippen molar-refractivity contribution in [2.45, 2.75) is 10.1 Å². The summed E-state index contributed by atoms with van der Waals surface area (Å²) in [6.45, 7) is 0.280. The SMILES string of the molecule is COCC(Sc1ccccc1N)C(=O)NN. The molecule has 0 aliphatic heterocycles. The van der Waals surface area contributed by atoms with Crippen LogP contribution in [0.2, 0.25) is 0 Å². The number of ether oxygens (including phenoxy) is 1. The van der Waals surface area contributed by atoms with E-state index in [-0.39, 0.29) is 12.5 Å². The monoisotopic (exact) mass is 241 g/mol. The van der Waals surface area contributed by atoms with Crippen LogP contribution in [0.15, 0.2) is 29.2 Å². The Morgan fingerprint density at radius 3 is 2.81 bits per heavy atom. The van der Waals surface area contributed by atoms with Gasteiger partial charge in [-0.25, -0.2) is 5.84 Å². The molecular weight excluding hydrogens is 226 g/mol.